The van der Waals surface area contributed by atoms with E-state index in [0.717, 1.165) is 43.4 Å². The predicted octanol–water partition coefficient (Wildman–Crippen LogP) is 2.28. The predicted molar refractivity (Wildman–Crippen MR) is 88.3 cm³/mol. The second-order valence-electron chi connectivity index (χ2n) is 5.64. The monoisotopic (exact) mass is 357 g/mol. The van der Waals surface area contributed by atoms with E-state index in [1.165, 1.54) is 0 Å². The highest BCUT2D eigenvalue weighted by Crippen LogP contribution is 2.19. The highest BCUT2D eigenvalue weighted by molar-refractivity contribution is 9.09. The van der Waals surface area contributed by atoms with Gasteiger partial charge in [0.05, 0.1) is 18.0 Å². The number of ether oxygens (including phenoxy) is 1. The van der Waals surface area contributed by atoms with E-state index in [2.05, 4.69) is 32.9 Å². The Kier molecular flexibility index (Phi) is 6.23. The van der Waals surface area contributed by atoms with Crippen LogP contribution in [0.25, 0.3) is 0 Å². The fourth-order valence-corrected chi connectivity index (χ4v) is 3.29. The van der Waals surface area contributed by atoms with Crippen molar-refractivity contribution in [1.82, 2.24) is 9.78 Å². The molecule has 1 aromatic heterocycles. The van der Waals surface area contributed by atoms with Crippen molar-refractivity contribution in [2.75, 3.05) is 30.4 Å². The van der Waals surface area contributed by atoms with Gasteiger partial charge in [-0.25, -0.2) is 4.68 Å². The molecule has 0 amide bonds. The number of methoxy groups -OCH3 is 1. The zero-order chi connectivity index (χ0) is 15.2. The number of aromatic nitrogens is 2. The molecule has 0 bridgehead atoms. The quantitative estimate of drug-likeness (QED) is 0.702. The zero-order valence-electron chi connectivity index (χ0n) is 12.8. The molecule has 2 unspecified atom stereocenters. The van der Waals surface area contributed by atoms with Crippen LogP contribution in [0.1, 0.15) is 26.2 Å². The van der Waals surface area contributed by atoms with Gasteiger partial charge >= 0.3 is 0 Å². The molecule has 1 aromatic rings. The number of alkyl halides is 1. The van der Waals surface area contributed by atoms with Gasteiger partial charge in [0.2, 0.25) is 0 Å². The lowest BCUT2D eigenvalue weighted by atomic mass is 10.1. The first-order chi connectivity index (χ1) is 10.2. The molecule has 0 aliphatic carbocycles. The van der Waals surface area contributed by atoms with E-state index in [4.69, 9.17) is 4.74 Å². The van der Waals surface area contributed by atoms with Crippen molar-refractivity contribution in [2.45, 2.75) is 38.8 Å². The Morgan fingerprint density at radius 1 is 1.57 bits per heavy atom. The first-order valence-corrected chi connectivity index (χ1v) is 8.71. The van der Waals surface area contributed by atoms with Crippen molar-refractivity contribution >= 4 is 21.6 Å². The summed E-state index contributed by atoms with van der Waals surface area (Å²) in [5, 5.41) is 5.25. The van der Waals surface area contributed by atoms with Gasteiger partial charge in [-0.15, -0.1) is 0 Å². The average Bonchev–Trinajstić information content (AvgIpc) is 2.97. The van der Waals surface area contributed by atoms with Crippen LogP contribution < -0.4 is 10.5 Å². The molecule has 5 nitrogen and oxygen atoms in total. The van der Waals surface area contributed by atoms with Gasteiger partial charge < -0.3 is 9.64 Å². The minimum atomic E-state index is -0.0181. The van der Waals surface area contributed by atoms with E-state index in [1.807, 2.05) is 0 Å². The van der Waals surface area contributed by atoms with Crippen molar-refractivity contribution in [3.8, 4) is 0 Å². The molecule has 6 heteroatoms. The maximum atomic E-state index is 12.2. The molecule has 0 aromatic carbocycles. The number of hydrogen-bond acceptors (Lipinski definition) is 4. The molecule has 0 saturated carbocycles. The van der Waals surface area contributed by atoms with E-state index in [-0.39, 0.29) is 11.7 Å². The number of rotatable bonds is 7. The Morgan fingerprint density at radius 2 is 2.38 bits per heavy atom. The third-order valence-corrected chi connectivity index (χ3v) is 4.96. The van der Waals surface area contributed by atoms with Crippen molar-refractivity contribution in [3.63, 3.8) is 0 Å². The van der Waals surface area contributed by atoms with Gasteiger partial charge in [-0.2, -0.15) is 5.10 Å². The van der Waals surface area contributed by atoms with Gasteiger partial charge in [0, 0.05) is 38.1 Å². The van der Waals surface area contributed by atoms with Crippen molar-refractivity contribution < 1.29 is 4.74 Å². The van der Waals surface area contributed by atoms with Crippen LogP contribution in [0.4, 0.5) is 5.69 Å². The lowest BCUT2D eigenvalue weighted by molar-refractivity contribution is 0.121. The minimum Gasteiger partial charge on any atom is -0.380 e. The summed E-state index contributed by atoms with van der Waals surface area (Å²) in [6.07, 6.45) is 5.28. The Bertz CT molecular complexity index is 506. The molecule has 0 N–H and O–H groups in total. The number of anilines is 1. The van der Waals surface area contributed by atoms with Crippen LogP contribution >= 0.6 is 15.9 Å². The zero-order valence-corrected chi connectivity index (χ0v) is 14.4. The van der Waals surface area contributed by atoms with Crippen LogP contribution in [0.15, 0.2) is 17.1 Å². The minimum absolute atomic E-state index is 0.0181. The topological polar surface area (TPSA) is 47.4 Å². The highest BCUT2D eigenvalue weighted by atomic mass is 79.9. The van der Waals surface area contributed by atoms with E-state index >= 15 is 0 Å². The Labute approximate surface area is 134 Å². The van der Waals surface area contributed by atoms with Crippen LogP contribution in [0.3, 0.4) is 0 Å². The fourth-order valence-electron chi connectivity index (χ4n) is 2.76. The molecule has 2 rings (SSSR count). The largest absolute Gasteiger partial charge is 0.380 e. The summed E-state index contributed by atoms with van der Waals surface area (Å²) in [7, 11) is 1.73. The summed E-state index contributed by atoms with van der Waals surface area (Å²) in [6, 6.07) is 1.70. The van der Waals surface area contributed by atoms with E-state index in [1.54, 1.807) is 24.1 Å². The van der Waals surface area contributed by atoms with Crippen LogP contribution in [0.2, 0.25) is 0 Å². The van der Waals surface area contributed by atoms with E-state index in [0.29, 0.717) is 12.5 Å². The fraction of sp³-hybridized carbons (Fsp3) is 0.733. The van der Waals surface area contributed by atoms with E-state index < -0.39 is 0 Å². The highest BCUT2D eigenvalue weighted by Gasteiger charge is 2.23. The SMILES string of the molecule is CCCC(CBr)Cn1ncc(N2CCC(OC)C2)cc1=O. The normalized spacial score (nSPS) is 20.0. The number of halogens is 1. The lowest BCUT2D eigenvalue weighted by Gasteiger charge is -2.19. The second-order valence-corrected chi connectivity index (χ2v) is 6.28. The van der Waals surface area contributed by atoms with Crippen molar-refractivity contribution in [3.05, 3.63) is 22.6 Å². The molecule has 118 valence electrons. The van der Waals surface area contributed by atoms with Gasteiger partial charge in [0.1, 0.15) is 0 Å². The first-order valence-electron chi connectivity index (χ1n) is 7.58. The van der Waals surface area contributed by atoms with Crippen molar-refractivity contribution in [2.24, 2.45) is 5.92 Å². The van der Waals surface area contributed by atoms with Gasteiger partial charge in [-0.1, -0.05) is 29.3 Å². The molecule has 0 spiro atoms. The first kappa shape index (κ1) is 16.5. The summed E-state index contributed by atoms with van der Waals surface area (Å²) >= 11 is 3.52. The standard InChI is InChI=1S/C15H24BrN3O2/c1-3-4-12(8-16)10-19-15(20)7-13(9-17-19)18-6-5-14(11-18)21-2/h7,9,12,14H,3-6,8,10-11H2,1-2H3. The molecule has 2 heterocycles. The molecule has 1 saturated heterocycles. The smallest absolute Gasteiger partial charge is 0.268 e. The van der Waals surface area contributed by atoms with Crippen molar-refractivity contribution in [1.29, 1.82) is 0 Å². The average molecular weight is 358 g/mol. The molecule has 1 aliphatic heterocycles. The van der Waals surface area contributed by atoms with E-state index in [9.17, 15) is 4.79 Å². The summed E-state index contributed by atoms with van der Waals surface area (Å²) in [4.78, 5) is 14.4. The maximum Gasteiger partial charge on any atom is 0.268 e. The third kappa shape index (κ3) is 4.30. The summed E-state index contributed by atoms with van der Waals surface area (Å²) in [6.45, 7) is 4.60. The third-order valence-electron chi connectivity index (χ3n) is 4.04. The number of nitrogens with zero attached hydrogens (tertiary/aromatic N) is 3. The van der Waals surface area contributed by atoms with Crippen LogP contribution in [-0.4, -0.2) is 41.4 Å². The van der Waals surface area contributed by atoms with Gasteiger partial charge in [-0.3, -0.25) is 4.79 Å². The summed E-state index contributed by atoms with van der Waals surface area (Å²) in [5.74, 6) is 0.454. The Morgan fingerprint density at radius 3 is 2.95 bits per heavy atom. The maximum absolute atomic E-state index is 12.2. The molecular weight excluding hydrogens is 334 g/mol. The Balaban J connectivity index is 2.05. The van der Waals surface area contributed by atoms with Crippen LogP contribution in [0.5, 0.6) is 0 Å². The second kappa shape index (κ2) is 7.94. The van der Waals surface area contributed by atoms with Gasteiger partial charge in [0.15, 0.2) is 0 Å². The van der Waals surface area contributed by atoms with Gasteiger partial charge in [-0.05, 0) is 18.8 Å². The summed E-state index contributed by atoms with van der Waals surface area (Å²) < 4.78 is 6.94. The molecule has 2 atom stereocenters. The molecule has 1 aliphatic rings. The molecule has 1 fully saturated rings. The number of hydrogen-bond donors (Lipinski definition) is 0. The molecular formula is C15H24BrN3O2. The molecule has 21 heavy (non-hydrogen) atoms. The lowest BCUT2D eigenvalue weighted by Crippen LogP contribution is -2.29. The molecule has 0 radical (unpaired) electrons. The Hall–Kier alpha value is -0.880. The van der Waals surface area contributed by atoms with Crippen LogP contribution in [0, 0.1) is 5.92 Å². The summed E-state index contributed by atoms with van der Waals surface area (Å²) in [5.41, 5.74) is 0.886. The van der Waals surface area contributed by atoms with Crippen LogP contribution in [-0.2, 0) is 11.3 Å². The van der Waals surface area contributed by atoms with Gasteiger partial charge in [0.25, 0.3) is 5.56 Å².